The second-order valence-corrected chi connectivity index (χ2v) is 5.62. The van der Waals surface area contributed by atoms with Gasteiger partial charge in [0.25, 0.3) is 5.91 Å². The summed E-state index contributed by atoms with van der Waals surface area (Å²) in [6.07, 6.45) is 5.69. The van der Waals surface area contributed by atoms with Crippen LogP contribution in [0.15, 0.2) is 24.3 Å². The van der Waals surface area contributed by atoms with Gasteiger partial charge in [-0.1, -0.05) is 25.3 Å². The first-order valence-corrected chi connectivity index (χ1v) is 7.66. The van der Waals surface area contributed by atoms with Crippen LogP contribution in [0.4, 0.5) is 8.78 Å². The SMILES string of the molecule is Cl.NCC(NC(=O)c1cccc(OC(F)F)c1)C1CCCCC1. The Bertz CT molecular complexity index is 497. The molecule has 130 valence electrons. The molecule has 3 N–H and O–H groups in total. The quantitative estimate of drug-likeness (QED) is 0.828. The van der Waals surface area contributed by atoms with Gasteiger partial charge in [0.1, 0.15) is 5.75 Å². The fraction of sp³-hybridized carbons (Fsp3) is 0.562. The Balaban J connectivity index is 0.00000264. The fourth-order valence-corrected chi connectivity index (χ4v) is 2.97. The highest BCUT2D eigenvalue weighted by molar-refractivity contribution is 5.94. The Morgan fingerprint density at radius 2 is 2.00 bits per heavy atom. The van der Waals surface area contributed by atoms with Crippen molar-refractivity contribution in [2.75, 3.05) is 6.54 Å². The molecule has 0 aliphatic heterocycles. The summed E-state index contributed by atoms with van der Waals surface area (Å²) in [6.45, 7) is -2.53. The summed E-state index contributed by atoms with van der Waals surface area (Å²) >= 11 is 0. The van der Waals surface area contributed by atoms with E-state index in [1.165, 1.54) is 24.6 Å². The molecule has 0 radical (unpaired) electrons. The third-order valence-corrected chi connectivity index (χ3v) is 4.11. The van der Waals surface area contributed by atoms with Gasteiger partial charge in [-0.15, -0.1) is 12.4 Å². The van der Waals surface area contributed by atoms with Gasteiger partial charge < -0.3 is 15.8 Å². The number of alkyl halides is 2. The number of benzene rings is 1. The molecular formula is C16H23ClF2N2O2. The third-order valence-electron chi connectivity index (χ3n) is 4.11. The Kier molecular flexibility index (Phi) is 8.26. The lowest BCUT2D eigenvalue weighted by Crippen LogP contribution is -2.45. The Labute approximate surface area is 141 Å². The van der Waals surface area contributed by atoms with Crippen LogP contribution in [0.25, 0.3) is 0 Å². The smallest absolute Gasteiger partial charge is 0.387 e. The van der Waals surface area contributed by atoms with Crippen LogP contribution in [0.5, 0.6) is 5.75 Å². The minimum absolute atomic E-state index is 0. The fourth-order valence-electron chi connectivity index (χ4n) is 2.97. The molecule has 7 heteroatoms. The van der Waals surface area contributed by atoms with Crippen LogP contribution in [0.1, 0.15) is 42.5 Å². The summed E-state index contributed by atoms with van der Waals surface area (Å²) in [5.74, 6) is 0.0635. The van der Waals surface area contributed by atoms with Crippen molar-refractivity contribution in [3.63, 3.8) is 0 Å². The molecule has 1 amide bonds. The van der Waals surface area contributed by atoms with Crippen molar-refractivity contribution >= 4 is 18.3 Å². The molecule has 0 heterocycles. The first-order chi connectivity index (χ1) is 10.6. The number of halogens is 3. The first-order valence-electron chi connectivity index (χ1n) is 7.66. The molecule has 1 saturated carbocycles. The Morgan fingerprint density at radius 3 is 2.61 bits per heavy atom. The molecule has 1 unspecified atom stereocenters. The predicted molar refractivity (Wildman–Crippen MR) is 87.2 cm³/mol. The number of rotatable bonds is 6. The van der Waals surface area contributed by atoms with Crippen molar-refractivity contribution in [3.8, 4) is 5.75 Å². The molecule has 4 nitrogen and oxygen atoms in total. The van der Waals surface area contributed by atoms with Crippen LogP contribution < -0.4 is 15.8 Å². The predicted octanol–water partition coefficient (Wildman–Crippen LogP) is 3.35. The van der Waals surface area contributed by atoms with Gasteiger partial charge in [0.15, 0.2) is 0 Å². The second-order valence-electron chi connectivity index (χ2n) is 5.62. The van der Waals surface area contributed by atoms with Crippen LogP contribution in [0.3, 0.4) is 0 Å². The van der Waals surface area contributed by atoms with Crippen molar-refractivity contribution in [2.45, 2.75) is 44.8 Å². The topological polar surface area (TPSA) is 64.3 Å². The number of nitrogens with one attached hydrogen (secondary N) is 1. The lowest BCUT2D eigenvalue weighted by molar-refractivity contribution is -0.0498. The molecule has 1 aromatic carbocycles. The molecule has 2 rings (SSSR count). The normalized spacial score (nSPS) is 16.5. The third kappa shape index (κ3) is 5.95. The number of hydrogen-bond donors (Lipinski definition) is 2. The molecule has 0 bridgehead atoms. The van der Waals surface area contributed by atoms with Crippen molar-refractivity contribution in [1.29, 1.82) is 0 Å². The summed E-state index contributed by atoms with van der Waals surface area (Å²) in [5.41, 5.74) is 6.09. The van der Waals surface area contributed by atoms with Crippen LogP contribution >= 0.6 is 12.4 Å². The summed E-state index contributed by atoms with van der Waals surface area (Å²) in [7, 11) is 0. The summed E-state index contributed by atoms with van der Waals surface area (Å²) < 4.78 is 28.8. The van der Waals surface area contributed by atoms with Crippen molar-refractivity contribution in [2.24, 2.45) is 11.7 Å². The van der Waals surface area contributed by atoms with Crippen LogP contribution in [0, 0.1) is 5.92 Å². The zero-order valence-electron chi connectivity index (χ0n) is 12.8. The highest BCUT2D eigenvalue weighted by Gasteiger charge is 2.24. The maximum Gasteiger partial charge on any atom is 0.387 e. The van der Waals surface area contributed by atoms with Gasteiger partial charge in [-0.3, -0.25) is 4.79 Å². The maximum absolute atomic E-state index is 12.3. The van der Waals surface area contributed by atoms with Gasteiger partial charge in [-0.2, -0.15) is 8.78 Å². The molecule has 1 atom stereocenters. The van der Waals surface area contributed by atoms with E-state index in [0.29, 0.717) is 18.0 Å². The Hall–Kier alpha value is -1.40. The van der Waals surface area contributed by atoms with E-state index >= 15 is 0 Å². The van der Waals surface area contributed by atoms with E-state index in [4.69, 9.17) is 5.73 Å². The molecule has 0 aromatic heterocycles. The van der Waals surface area contributed by atoms with E-state index in [1.807, 2.05) is 0 Å². The van der Waals surface area contributed by atoms with Gasteiger partial charge >= 0.3 is 6.61 Å². The highest BCUT2D eigenvalue weighted by atomic mass is 35.5. The number of carbonyl (C=O) groups is 1. The van der Waals surface area contributed by atoms with Gasteiger partial charge in [0.2, 0.25) is 0 Å². The van der Waals surface area contributed by atoms with Gasteiger partial charge in [-0.25, -0.2) is 0 Å². The van der Waals surface area contributed by atoms with Gasteiger partial charge in [-0.05, 0) is 37.0 Å². The van der Waals surface area contributed by atoms with Gasteiger partial charge in [0.05, 0.1) is 0 Å². The van der Waals surface area contributed by atoms with Crippen LogP contribution in [0.2, 0.25) is 0 Å². The summed E-state index contributed by atoms with van der Waals surface area (Å²) in [5, 5.41) is 2.93. The lowest BCUT2D eigenvalue weighted by Gasteiger charge is -2.30. The summed E-state index contributed by atoms with van der Waals surface area (Å²) in [4.78, 5) is 12.3. The second kappa shape index (κ2) is 9.67. The number of nitrogens with two attached hydrogens (primary N) is 1. The standard InChI is InChI=1S/C16H22F2N2O2.ClH/c17-16(18)22-13-8-4-7-12(9-13)15(21)20-14(10-19)11-5-2-1-3-6-11;/h4,7-9,11,14,16H,1-3,5-6,10,19H2,(H,20,21);1H. The first kappa shape index (κ1) is 19.6. The lowest BCUT2D eigenvalue weighted by atomic mass is 9.84. The summed E-state index contributed by atoms with van der Waals surface area (Å²) in [6, 6.07) is 5.72. The van der Waals surface area contributed by atoms with Gasteiger partial charge in [0, 0.05) is 18.2 Å². The number of ether oxygens (including phenoxy) is 1. The monoisotopic (exact) mass is 348 g/mol. The zero-order chi connectivity index (χ0) is 15.9. The van der Waals surface area contributed by atoms with Crippen molar-refractivity contribution in [3.05, 3.63) is 29.8 Å². The molecule has 1 fully saturated rings. The molecule has 1 aliphatic rings. The van der Waals surface area contributed by atoms with E-state index in [2.05, 4.69) is 10.1 Å². The van der Waals surface area contributed by atoms with E-state index in [1.54, 1.807) is 6.07 Å². The molecule has 0 saturated heterocycles. The maximum atomic E-state index is 12.3. The van der Waals surface area contributed by atoms with Crippen molar-refractivity contribution < 1.29 is 18.3 Å². The van der Waals surface area contributed by atoms with E-state index < -0.39 is 6.61 Å². The zero-order valence-corrected chi connectivity index (χ0v) is 13.7. The average molecular weight is 349 g/mol. The molecule has 1 aromatic rings. The van der Waals surface area contributed by atoms with Crippen LogP contribution in [-0.2, 0) is 0 Å². The minimum atomic E-state index is -2.91. The molecule has 23 heavy (non-hydrogen) atoms. The van der Waals surface area contributed by atoms with E-state index in [9.17, 15) is 13.6 Å². The minimum Gasteiger partial charge on any atom is -0.435 e. The van der Waals surface area contributed by atoms with E-state index in [0.717, 1.165) is 25.7 Å². The van der Waals surface area contributed by atoms with Crippen LogP contribution in [-0.4, -0.2) is 25.1 Å². The highest BCUT2D eigenvalue weighted by Crippen LogP contribution is 2.26. The molecular weight excluding hydrogens is 326 g/mol. The average Bonchev–Trinajstić information content (AvgIpc) is 2.53. The molecule has 0 spiro atoms. The molecule has 1 aliphatic carbocycles. The van der Waals surface area contributed by atoms with E-state index in [-0.39, 0.29) is 30.1 Å². The number of amides is 1. The number of carbonyl (C=O) groups excluding carboxylic acids is 1. The Morgan fingerprint density at radius 1 is 1.30 bits per heavy atom. The number of hydrogen-bond acceptors (Lipinski definition) is 3. The largest absolute Gasteiger partial charge is 0.435 e. The van der Waals surface area contributed by atoms with Crippen molar-refractivity contribution in [1.82, 2.24) is 5.32 Å².